The fourth-order valence-electron chi connectivity index (χ4n) is 4.14. The number of ether oxygens (including phenoxy) is 1. The first kappa shape index (κ1) is 22.7. The number of carbonyl (C=O) groups is 1. The third kappa shape index (κ3) is 4.63. The van der Waals surface area contributed by atoms with Crippen LogP contribution in [0, 0.1) is 0 Å². The lowest BCUT2D eigenvalue weighted by molar-refractivity contribution is 0.203. The van der Waals surface area contributed by atoms with E-state index in [1.807, 2.05) is 73.7 Å². The Hall–Kier alpha value is -4.10. The topological polar surface area (TPSA) is 80.5 Å². The Morgan fingerprint density at radius 2 is 1.83 bits per heavy atom. The molecule has 5 rings (SSSR count). The van der Waals surface area contributed by atoms with Crippen LogP contribution in [0.2, 0.25) is 5.02 Å². The summed E-state index contributed by atoms with van der Waals surface area (Å²) < 4.78 is 11.1. The van der Waals surface area contributed by atoms with Crippen molar-refractivity contribution in [1.29, 1.82) is 0 Å². The summed E-state index contributed by atoms with van der Waals surface area (Å²) in [5.74, 6) is 1.55. The quantitative estimate of drug-likeness (QED) is 0.356. The molecule has 1 aliphatic heterocycles. The first-order valence-electron chi connectivity index (χ1n) is 11.1. The molecular formula is C27H23ClN4O3. The van der Waals surface area contributed by atoms with Gasteiger partial charge in [0.25, 0.3) is 5.89 Å². The van der Waals surface area contributed by atoms with E-state index in [1.54, 1.807) is 24.1 Å². The zero-order valence-electron chi connectivity index (χ0n) is 19.2. The number of methoxy groups -OCH3 is 1. The fourth-order valence-corrected chi connectivity index (χ4v) is 4.27. The van der Waals surface area contributed by atoms with Crippen LogP contribution in [-0.4, -0.2) is 28.2 Å². The summed E-state index contributed by atoms with van der Waals surface area (Å²) in [5, 5.41) is 7.92. The van der Waals surface area contributed by atoms with Crippen LogP contribution in [0.4, 0.5) is 4.79 Å². The number of allylic oxidation sites excluding steroid dienone is 1. The second-order valence-corrected chi connectivity index (χ2v) is 8.60. The molecule has 3 aromatic carbocycles. The van der Waals surface area contributed by atoms with E-state index in [2.05, 4.69) is 15.5 Å². The second kappa shape index (κ2) is 9.64. The van der Waals surface area contributed by atoms with Crippen molar-refractivity contribution in [3.05, 3.63) is 107 Å². The SMILES string of the molecule is COc1cccc(CN2C(=O)NC(c3ccc(Cl)cc3)C(c3nc(-c4ccccc4)no3)=C2C)c1. The average Bonchev–Trinajstić information content (AvgIpc) is 3.37. The summed E-state index contributed by atoms with van der Waals surface area (Å²) in [6.07, 6.45) is 0. The highest BCUT2D eigenvalue weighted by atomic mass is 35.5. The predicted molar refractivity (Wildman–Crippen MR) is 134 cm³/mol. The van der Waals surface area contributed by atoms with Crippen LogP contribution in [0.1, 0.15) is 30.0 Å². The molecule has 2 heterocycles. The maximum Gasteiger partial charge on any atom is 0.322 e. The Morgan fingerprint density at radius 1 is 1.06 bits per heavy atom. The van der Waals surface area contributed by atoms with Crippen molar-refractivity contribution in [2.75, 3.05) is 7.11 Å². The summed E-state index contributed by atoms with van der Waals surface area (Å²) in [6, 6.07) is 23.9. The lowest BCUT2D eigenvalue weighted by atomic mass is 9.94. The highest BCUT2D eigenvalue weighted by Crippen LogP contribution is 2.38. The normalized spacial score (nSPS) is 15.8. The van der Waals surface area contributed by atoms with Crippen LogP contribution in [-0.2, 0) is 6.54 Å². The summed E-state index contributed by atoms with van der Waals surface area (Å²) in [6.45, 7) is 2.24. The van der Waals surface area contributed by atoms with E-state index in [1.165, 1.54) is 0 Å². The minimum Gasteiger partial charge on any atom is -0.497 e. The Bertz CT molecular complexity index is 1380. The van der Waals surface area contributed by atoms with E-state index in [0.29, 0.717) is 23.3 Å². The Kier molecular flexibility index (Phi) is 6.25. The Labute approximate surface area is 208 Å². The van der Waals surface area contributed by atoms with E-state index >= 15 is 0 Å². The molecule has 0 aliphatic carbocycles. The Morgan fingerprint density at radius 3 is 2.57 bits per heavy atom. The van der Waals surface area contributed by atoms with Crippen LogP contribution in [0.3, 0.4) is 0 Å². The summed E-state index contributed by atoms with van der Waals surface area (Å²) in [5.41, 5.74) is 4.08. The molecule has 0 radical (unpaired) electrons. The van der Waals surface area contributed by atoms with Crippen molar-refractivity contribution in [2.24, 2.45) is 0 Å². The molecule has 0 bridgehead atoms. The molecule has 2 amide bonds. The number of amides is 2. The minimum atomic E-state index is -0.481. The van der Waals surface area contributed by atoms with Gasteiger partial charge in [0.05, 0.1) is 25.3 Å². The monoisotopic (exact) mass is 486 g/mol. The maximum absolute atomic E-state index is 13.3. The van der Waals surface area contributed by atoms with Crippen LogP contribution in [0.5, 0.6) is 5.75 Å². The van der Waals surface area contributed by atoms with Crippen LogP contribution < -0.4 is 10.1 Å². The van der Waals surface area contributed by atoms with Crippen LogP contribution >= 0.6 is 11.6 Å². The molecule has 176 valence electrons. The molecule has 0 saturated heterocycles. The number of benzene rings is 3. The van der Waals surface area contributed by atoms with Crippen molar-refractivity contribution < 1.29 is 14.1 Å². The highest BCUT2D eigenvalue weighted by Gasteiger charge is 2.35. The zero-order chi connectivity index (χ0) is 24.4. The largest absolute Gasteiger partial charge is 0.497 e. The van der Waals surface area contributed by atoms with Crippen molar-refractivity contribution >= 4 is 23.2 Å². The number of aromatic nitrogens is 2. The molecule has 1 aromatic heterocycles. The molecule has 1 atom stereocenters. The average molecular weight is 487 g/mol. The van der Waals surface area contributed by atoms with E-state index in [4.69, 9.17) is 20.9 Å². The first-order chi connectivity index (χ1) is 17.0. The van der Waals surface area contributed by atoms with Crippen molar-refractivity contribution in [1.82, 2.24) is 20.4 Å². The number of hydrogen-bond acceptors (Lipinski definition) is 5. The molecule has 35 heavy (non-hydrogen) atoms. The number of hydrogen-bond donors (Lipinski definition) is 1. The predicted octanol–water partition coefficient (Wildman–Crippen LogP) is 6.10. The van der Waals surface area contributed by atoms with Gasteiger partial charge in [0.2, 0.25) is 5.82 Å². The van der Waals surface area contributed by atoms with Gasteiger partial charge in [-0.3, -0.25) is 4.90 Å². The number of halogens is 1. The third-order valence-electron chi connectivity index (χ3n) is 5.96. The molecule has 8 heteroatoms. The van der Waals surface area contributed by atoms with Crippen molar-refractivity contribution in [3.8, 4) is 17.1 Å². The molecule has 0 spiro atoms. The Balaban J connectivity index is 1.59. The molecule has 0 saturated carbocycles. The van der Waals surface area contributed by atoms with Gasteiger partial charge in [0, 0.05) is 16.3 Å². The fraction of sp³-hybridized carbons (Fsp3) is 0.148. The molecular weight excluding hydrogens is 464 g/mol. The van der Waals surface area contributed by atoms with Gasteiger partial charge in [-0.1, -0.05) is 71.4 Å². The van der Waals surface area contributed by atoms with E-state index in [9.17, 15) is 4.79 Å². The van der Waals surface area contributed by atoms with Gasteiger partial charge in [-0.25, -0.2) is 4.79 Å². The van der Waals surface area contributed by atoms with E-state index < -0.39 is 6.04 Å². The molecule has 1 N–H and O–H groups in total. The standard InChI is InChI=1S/C27H23ClN4O3/c1-17-23(26-30-25(31-35-26)20-8-4-3-5-9-20)24(19-11-13-21(28)14-12-19)29-27(33)32(17)16-18-7-6-10-22(15-18)34-2/h3-15,24H,16H2,1-2H3,(H,29,33). The van der Waals surface area contributed by atoms with Gasteiger partial charge in [0.1, 0.15) is 5.75 Å². The summed E-state index contributed by atoms with van der Waals surface area (Å²) in [4.78, 5) is 19.6. The number of urea groups is 1. The number of rotatable bonds is 6. The lowest BCUT2D eigenvalue weighted by Gasteiger charge is -2.35. The molecule has 7 nitrogen and oxygen atoms in total. The van der Waals surface area contributed by atoms with Crippen molar-refractivity contribution in [3.63, 3.8) is 0 Å². The number of nitrogens with zero attached hydrogens (tertiary/aromatic N) is 3. The summed E-state index contributed by atoms with van der Waals surface area (Å²) >= 11 is 6.11. The van der Waals surface area contributed by atoms with Gasteiger partial charge in [0.15, 0.2) is 0 Å². The molecule has 4 aromatic rings. The van der Waals surface area contributed by atoms with Crippen LogP contribution in [0.25, 0.3) is 17.0 Å². The van der Waals surface area contributed by atoms with Gasteiger partial charge >= 0.3 is 6.03 Å². The maximum atomic E-state index is 13.3. The lowest BCUT2D eigenvalue weighted by Crippen LogP contribution is -2.45. The van der Waals surface area contributed by atoms with Crippen molar-refractivity contribution in [2.45, 2.75) is 19.5 Å². The number of carbonyl (C=O) groups excluding carboxylic acids is 1. The van der Waals surface area contributed by atoms with Gasteiger partial charge in [-0.05, 0) is 42.3 Å². The second-order valence-electron chi connectivity index (χ2n) is 8.16. The summed E-state index contributed by atoms with van der Waals surface area (Å²) in [7, 11) is 1.62. The molecule has 1 aliphatic rings. The third-order valence-corrected chi connectivity index (χ3v) is 6.21. The number of nitrogens with one attached hydrogen (secondary N) is 1. The zero-order valence-corrected chi connectivity index (χ0v) is 20.0. The first-order valence-corrected chi connectivity index (χ1v) is 11.5. The highest BCUT2D eigenvalue weighted by molar-refractivity contribution is 6.30. The van der Waals surface area contributed by atoms with E-state index in [0.717, 1.165) is 33.7 Å². The van der Waals surface area contributed by atoms with Gasteiger partial charge in [-0.15, -0.1) is 0 Å². The molecule has 1 unspecified atom stereocenters. The van der Waals surface area contributed by atoms with Gasteiger partial charge in [-0.2, -0.15) is 4.98 Å². The minimum absolute atomic E-state index is 0.225. The smallest absolute Gasteiger partial charge is 0.322 e. The van der Waals surface area contributed by atoms with Crippen LogP contribution in [0.15, 0.2) is 89.1 Å². The van der Waals surface area contributed by atoms with Gasteiger partial charge < -0.3 is 14.6 Å². The molecule has 0 fully saturated rings. The van der Waals surface area contributed by atoms with E-state index in [-0.39, 0.29) is 6.03 Å².